The van der Waals surface area contributed by atoms with Crippen LogP contribution in [0.25, 0.3) is 0 Å². The average molecular weight is 392 g/mol. The third-order valence-electron chi connectivity index (χ3n) is 3.75. The largest absolute Gasteiger partial charge is 0.462 e. The molecule has 4 nitrogen and oxygen atoms in total. The number of aryl methyl sites for hydroxylation is 1. The maximum Gasteiger partial charge on any atom is 0.338 e. The van der Waals surface area contributed by atoms with Crippen molar-refractivity contribution >= 4 is 40.9 Å². The number of halogens is 1. The van der Waals surface area contributed by atoms with Crippen LogP contribution in [0.15, 0.2) is 47.4 Å². The lowest BCUT2D eigenvalue weighted by Gasteiger charge is -2.16. The maximum atomic E-state index is 12.6. The van der Waals surface area contributed by atoms with Gasteiger partial charge in [0.25, 0.3) is 0 Å². The van der Waals surface area contributed by atoms with Crippen molar-refractivity contribution in [2.45, 2.75) is 37.3 Å². The number of anilines is 1. The summed E-state index contributed by atoms with van der Waals surface area (Å²) in [7, 11) is 0. The van der Waals surface area contributed by atoms with Crippen LogP contribution in [0, 0.1) is 6.92 Å². The lowest BCUT2D eigenvalue weighted by atomic mass is 10.1. The molecule has 2 aromatic carbocycles. The maximum absolute atomic E-state index is 12.6. The van der Waals surface area contributed by atoms with Crippen LogP contribution in [0.1, 0.15) is 36.2 Å². The molecule has 0 aliphatic heterocycles. The fraction of sp³-hybridized carbons (Fsp3) is 0.300. The second-order valence-electron chi connectivity index (χ2n) is 5.71. The van der Waals surface area contributed by atoms with Crippen LogP contribution < -0.4 is 5.32 Å². The van der Waals surface area contributed by atoms with E-state index < -0.39 is 0 Å². The number of nitrogens with one attached hydrogen (secondary N) is 1. The van der Waals surface area contributed by atoms with E-state index in [4.69, 9.17) is 16.3 Å². The number of rotatable bonds is 7. The summed E-state index contributed by atoms with van der Waals surface area (Å²) in [6.45, 7) is 5.93. The molecule has 2 rings (SSSR count). The van der Waals surface area contributed by atoms with Crippen molar-refractivity contribution in [1.29, 1.82) is 0 Å². The van der Waals surface area contributed by atoms with Crippen molar-refractivity contribution in [2.24, 2.45) is 0 Å². The average Bonchev–Trinajstić information content (AvgIpc) is 2.63. The van der Waals surface area contributed by atoms with E-state index in [0.717, 1.165) is 10.5 Å². The molecule has 0 aliphatic rings. The number of esters is 1. The van der Waals surface area contributed by atoms with Crippen molar-refractivity contribution in [1.82, 2.24) is 0 Å². The normalized spacial score (nSPS) is 11.7. The summed E-state index contributed by atoms with van der Waals surface area (Å²) < 4.78 is 5.00. The smallest absolute Gasteiger partial charge is 0.338 e. The van der Waals surface area contributed by atoms with Gasteiger partial charge in [-0.25, -0.2) is 4.79 Å². The molecule has 0 radical (unpaired) electrons. The van der Waals surface area contributed by atoms with Crippen molar-refractivity contribution in [2.75, 3.05) is 11.9 Å². The highest BCUT2D eigenvalue weighted by Crippen LogP contribution is 2.28. The predicted octanol–water partition coefficient (Wildman–Crippen LogP) is 5.33. The fourth-order valence-corrected chi connectivity index (χ4v) is 3.44. The van der Waals surface area contributed by atoms with Crippen molar-refractivity contribution in [3.05, 3.63) is 58.6 Å². The van der Waals surface area contributed by atoms with E-state index in [-0.39, 0.29) is 17.1 Å². The number of amides is 1. The lowest BCUT2D eigenvalue weighted by molar-refractivity contribution is -0.115. The topological polar surface area (TPSA) is 55.4 Å². The molecular formula is C20H22ClNO3S. The molecule has 0 saturated heterocycles. The van der Waals surface area contributed by atoms with Crippen molar-refractivity contribution in [3.8, 4) is 0 Å². The van der Waals surface area contributed by atoms with Crippen LogP contribution in [0.4, 0.5) is 5.69 Å². The summed E-state index contributed by atoms with van der Waals surface area (Å²) in [6, 6.07) is 12.6. The third-order valence-corrected chi connectivity index (χ3v) is 5.38. The van der Waals surface area contributed by atoms with Gasteiger partial charge >= 0.3 is 5.97 Å². The van der Waals surface area contributed by atoms with Crippen LogP contribution in [-0.4, -0.2) is 23.7 Å². The Kier molecular flexibility index (Phi) is 7.54. The molecule has 0 unspecified atom stereocenters. The monoisotopic (exact) mass is 391 g/mol. The molecule has 0 saturated carbocycles. The molecule has 1 atom stereocenters. The number of carbonyl (C=O) groups excluding carboxylic acids is 2. The van der Waals surface area contributed by atoms with Gasteiger partial charge in [-0.2, -0.15) is 0 Å². The zero-order valence-corrected chi connectivity index (χ0v) is 16.6. The van der Waals surface area contributed by atoms with Gasteiger partial charge in [-0.05, 0) is 68.3 Å². The van der Waals surface area contributed by atoms with Crippen LogP contribution >= 0.6 is 23.4 Å². The minimum Gasteiger partial charge on any atom is -0.462 e. The number of carbonyl (C=O) groups is 2. The Labute approximate surface area is 163 Å². The molecule has 6 heteroatoms. The Bertz CT molecular complexity index is 777. The first-order valence-corrected chi connectivity index (χ1v) is 9.71. The number of ether oxygens (including phenoxy) is 1. The van der Waals surface area contributed by atoms with E-state index in [1.165, 1.54) is 11.8 Å². The third kappa shape index (κ3) is 5.51. The number of benzene rings is 2. The Morgan fingerprint density at radius 3 is 2.42 bits per heavy atom. The molecular weight excluding hydrogens is 370 g/mol. The van der Waals surface area contributed by atoms with Gasteiger partial charge in [-0.15, -0.1) is 11.8 Å². The summed E-state index contributed by atoms with van der Waals surface area (Å²) in [5, 5.41) is 3.40. The number of hydrogen-bond donors (Lipinski definition) is 1. The van der Waals surface area contributed by atoms with Crippen LogP contribution in [-0.2, 0) is 9.53 Å². The summed E-state index contributed by atoms with van der Waals surface area (Å²) in [4.78, 5) is 25.4. The zero-order valence-electron chi connectivity index (χ0n) is 15.0. The molecule has 0 bridgehead atoms. The van der Waals surface area contributed by atoms with E-state index >= 15 is 0 Å². The minimum absolute atomic E-state index is 0.0700. The van der Waals surface area contributed by atoms with Crippen LogP contribution in [0.3, 0.4) is 0 Å². The Balaban J connectivity index is 2.07. The zero-order chi connectivity index (χ0) is 19.1. The number of thioether (sulfide) groups is 1. The van der Waals surface area contributed by atoms with Gasteiger partial charge in [-0.3, -0.25) is 4.79 Å². The van der Waals surface area contributed by atoms with E-state index in [0.29, 0.717) is 29.3 Å². The molecule has 1 N–H and O–H groups in total. The highest BCUT2D eigenvalue weighted by Gasteiger charge is 2.19. The number of hydrogen-bond acceptors (Lipinski definition) is 4. The van der Waals surface area contributed by atoms with Gasteiger partial charge < -0.3 is 10.1 Å². The first-order chi connectivity index (χ1) is 12.4. The van der Waals surface area contributed by atoms with E-state index in [1.54, 1.807) is 25.1 Å². The molecule has 1 amide bonds. The van der Waals surface area contributed by atoms with Gasteiger partial charge in [0.2, 0.25) is 5.91 Å². The van der Waals surface area contributed by atoms with E-state index in [9.17, 15) is 9.59 Å². The highest BCUT2D eigenvalue weighted by molar-refractivity contribution is 8.00. The van der Waals surface area contributed by atoms with Gasteiger partial charge in [0.15, 0.2) is 0 Å². The standard InChI is InChI=1S/C20H22ClNO3S/c1-4-18(26-16-9-7-15(21)8-10-16)19(23)22-17-11-6-14(12-13(17)3)20(24)25-5-2/h6-12,18H,4-5H2,1-3H3,(H,22,23)/t18-/m1/s1. The molecule has 2 aromatic rings. The fourth-order valence-electron chi connectivity index (χ4n) is 2.36. The van der Waals surface area contributed by atoms with Gasteiger partial charge in [-0.1, -0.05) is 18.5 Å². The highest BCUT2D eigenvalue weighted by atomic mass is 35.5. The first-order valence-electron chi connectivity index (χ1n) is 8.45. The molecule has 0 aromatic heterocycles. The van der Waals surface area contributed by atoms with Crippen molar-refractivity contribution in [3.63, 3.8) is 0 Å². The molecule has 26 heavy (non-hydrogen) atoms. The SMILES string of the molecule is CCOC(=O)c1ccc(NC(=O)[C@@H](CC)Sc2ccc(Cl)cc2)c(C)c1. The lowest BCUT2D eigenvalue weighted by Crippen LogP contribution is -2.25. The van der Waals surface area contributed by atoms with E-state index in [2.05, 4.69) is 5.32 Å². The Morgan fingerprint density at radius 2 is 1.85 bits per heavy atom. The van der Waals surface area contributed by atoms with Crippen molar-refractivity contribution < 1.29 is 14.3 Å². The second-order valence-corrected chi connectivity index (χ2v) is 7.42. The summed E-state index contributed by atoms with van der Waals surface area (Å²) in [5.74, 6) is -0.433. The molecule has 0 aliphatic carbocycles. The summed E-state index contributed by atoms with van der Waals surface area (Å²) in [6.07, 6.45) is 0.694. The summed E-state index contributed by atoms with van der Waals surface area (Å²) >= 11 is 7.40. The Morgan fingerprint density at radius 1 is 1.15 bits per heavy atom. The molecule has 0 fully saturated rings. The van der Waals surface area contributed by atoms with Crippen LogP contribution in [0.5, 0.6) is 0 Å². The summed E-state index contributed by atoms with van der Waals surface area (Å²) in [5.41, 5.74) is 1.98. The molecule has 138 valence electrons. The van der Waals surface area contributed by atoms with Gasteiger partial charge in [0.1, 0.15) is 0 Å². The van der Waals surface area contributed by atoms with Crippen LogP contribution in [0.2, 0.25) is 5.02 Å². The predicted molar refractivity (Wildman–Crippen MR) is 107 cm³/mol. The molecule has 0 spiro atoms. The quantitative estimate of drug-likeness (QED) is 0.511. The van der Waals surface area contributed by atoms with E-state index in [1.807, 2.05) is 38.1 Å². The second kappa shape index (κ2) is 9.64. The molecule has 0 heterocycles. The Hall–Kier alpha value is -1.98. The first kappa shape index (κ1) is 20.3. The van der Waals surface area contributed by atoms with Gasteiger partial charge in [0, 0.05) is 15.6 Å². The van der Waals surface area contributed by atoms with Gasteiger partial charge in [0.05, 0.1) is 17.4 Å². The minimum atomic E-state index is -0.363.